The van der Waals surface area contributed by atoms with E-state index in [9.17, 15) is 13.2 Å². The Bertz CT molecular complexity index is 631. The van der Waals surface area contributed by atoms with Crippen LogP contribution in [0.2, 0.25) is 0 Å². The fourth-order valence-electron chi connectivity index (χ4n) is 2.78. The Labute approximate surface area is 120 Å². The molecule has 2 bridgehead atoms. The number of rotatable bonds is 1. The maximum absolute atomic E-state index is 12.9. The average molecular weight is 294 g/mol. The molecule has 110 valence electrons. The van der Waals surface area contributed by atoms with Gasteiger partial charge in [-0.3, -0.25) is 0 Å². The van der Waals surface area contributed by atoms with Crippen molar-refractivity contribution in [3.05, 3.63) is 41.0 Å². The lowest BCUT2D eigenvalue weighted by Gasteiger charge is -2.35. The molecule has 3 nitrogen and oxygen atoms in total. The van der Waals surface area contributed by atoms with Crippen LogP contribution in [0, 0.1) is 11.3 Å². The predicted octanol–water partition coefficient (Wildman–Crippen LogP) is 2.72. The highest BCUT2D eigenvalue weighted by Gasteiger charge is 2.32. The molecule has 6 heteroatoms. The number of ether oxygens (including phenoxy) is 1. The quantitative estimate of drug-likeness (QED) is 0.866. The normalized spacial score (nSPS) is 25.1. The third kappa shape index (κ3) is 2.94. The van der Waals surface area contributed by atoms with E-state index in [1.165, 1.54) is 6.07 Å². The summed E-state index contributed by atoms with van der Waals surface area (Å²) in [6.07, 6.45) is -1.96. The van der Waals surface area contributed by atoms with Gasteiger partial charge in [0.1, 0.15) is 0 Å². The van der Waals surface area contributed by atoms with Crippen LogP contribution in [0.1, 0.15) is 23.1 Å². The number of nitriles is 1. The zero-order chi connectivity index (χ0) is 15.0. The molecule has 1 aromatic carbocycles. The number of hydrogen-bond acceptors (Lipinski definition) is 3. The van der Waals surface area contributed by atoms with Gasteiger partial charge < -0.3 is 10.1 Å². The molecule has 2 aliphatic heterocycles. The zero-order valence-electron chi connectivity index (χ0n) is 11.1. The van der Waals surface area contributed by atoms with Crippen molar-refractivity contribution in [2.24, 2.45) is 0 Å². The van der Waals surface area contributed by atoms with Crippen LogP contribution in [0.4, 0.5) is 13.2 Å². The number of hydrogen-bond donors (Lipinski definition) is 1. The molecule has 2 aliphatic rings. The van der Waals surface area contributed by atoms with Crippen LogP contribution < -0.4 is 5.32 Å². The molecule has 0 aromatic heterocycles. The van der Waals surface area contributed by atoms with E-state index in [4.69, 9.17) is 10.00 Å². The minimum absolute atomic E-state index is 0.0209. The second-order valence-electron chi connectivity index (χ2n) is 5.31. The second-order valence-corrected chi connectivity index (χ2v) is 5.31. The van der Waals surface area contributed by atoms with Crippen LogP contribution in [-0.4, -0.2) is 25.3 Å². The lowest BCUT2D eigenvalue weighted by Crippen LogP contribution is -2.50. The molecular formula is C15H13F3N2O. The Morgan fingerprint density at radius 2 is 2.05 bits per heavy atom. The first-order valence-electron chi connectivity index (χ1n) is 6.63. The molecule has 0 radical (unpaired) electrons. The molecule has 2 heterocycles. The first-order chi connectivity index (χ1) is 9.95. The summed E-state index contributed by atoms with van der Waals surface area (Å²) in [5.41, 5.74) is 0.562. The number of halogens is 3. The van der Waals surface area contributed by atoms with Gasteiger partial charge in [-0.25, -0.2) is 0 Å². The second kappa shape index (κ2) is 5.17. The molecule has 1 saturated heterocycles. The van der Waals surface area contributed by atoms with Crippen LogP contribution in [-0.2, 0) is 10.9 Å². The van der Waals surface area contributed by atoms with E-state index >= 15 is 0 Å². The molecule has 2 atom stereocenters. The van der Waals surface area contributed by atoms with E-state index in [1.54, 1.807) is 6.07 Å². The molecule has 1 aromatic rings. The van der Waals surface area contributed by atoms with Crippen molar-refractivity contribution in [1.29, 1.82) is 5.26 Å². The van der Waals surface area contributed by atoms with Gasteiger partial charge in [-0.05, 0) is 35.8 Å². The van der Waals surface area contributed by atoms with E-state index in [0.717, 1.165) is 17.7 Å². The molecule has 0 saturated carbocycles. The molecule has 0 amide bonds. The summed E-state index contributed by atoms with van der Waals surface area (Å²) in [6, 6.07) is 5.46. The molecule has 1 fully saturated rings. The van der Waals surface area contributed by atoms with Crippen LogP contribution >= 0.6 is 0 Å². The summed E-state index contributed by atoms with van der Waals surface area (Å²) in [7, 11) is 0. The third-order valence-corrected chi connectivity index (χ3v) is 3.70. The fraction of sp³-hybridized carbons (Fsp3) is 0.400. The first kappa shape index (κ1) is 14.1. The standard InChI is InChI=1S/C15H13F3N2O/c16-15(17,18)12-2-9(6-19)1-10(3-12)11-4-13-7-21-8-14(5-11)20-13/h1-4,13-14,20H,5,7-8H2. The lowest BCUT2D eigenvalue weighted by molar-refractivity contribution is -0.137. The van der Waals surface area contributed by atoms with E-state index in [2.05, 4.69) is 5.32 Å². The van der Waals surface area contributed by atoms with Gasteiger partial charge in [-0.15, -0.1) is 0 Å². The largest absolute Gasteiger partial charge is 0.416 e. The van der Waals surface area contributed by atoms with Crippen molar-refractivity contribution in [2.75, 3.05) is 13.2 Å². The van der Waals surface area contributed by atoms with E-state index < -0.39 is 11.7 Å². The number of morpholine rings is 1. The zero-order valence-corrected chi connectivity index (χ0v) is 11.1. The molecule has 0 aliphatic carbocycles. The van der Waals surface area contributed by atoms with Crippen molar-refractivity contribution in [1.82, 2.24) is 5.32 Å². The molecule has 0 spiro atoms. The van der Waals surface area contributed by atoms with Gasteiger partial charge in [0.2, 0.25) is 0 Å². The van der Waals surface area contributed by atoms with E-state index in [1.807, 2.05) is 6.08 Å². The van der Waals surface area contributed by atoms with Crippen LogP contribution in [0.15, 0.2) is 24.3 Å². The molecule has 2 unspecified atom stereocenters. The number of benzene rings is 1. The number of nitrogens with zero attached hydrogens (tertiary/aromatic N) is 1. The number of nitrogens with one attached hydrogen (secondary N) is 1. The molecule has 21 heavy (non-hydrogen) atoms. The van der Waals surface area contributed by atoms with Crippen molar-refractivity contribution < 1.29 is 17.9 Å². The Hall–Kier alpha value is -1.84. The van der Waals surface area contributed by atoms with Crippen LogP contribution in [0.5, 0.6) is 0 Å². The highest BCUT2D eigenvalue weighted by molar-refractivity contribution is 5.69. The SMILES string of the molecule is N#Cc1cc(C2=CC3COCC(C2)N3)cc(C(F)(F)F)c1. The minimum atomic E-state index is -4.45. The Morgan fingerprint density at radius 1 is 1.24 bits per heavy atom. The van der Waals surface area contributed by atoms with Gasteiger partial charge in [-0.2, -0.15) is 18.4 Å². The van der Waals surface area contributed by atoms with Gasteiger partial charge in [0, 0.05) is 12.1 Å². The van der Waals surface area contributed by atoms with Gasteiger partial charge in [-0.1, -0.05) is 6.08 Å². The fourth-order valence-corrected chi connectivity index (χ4v) is 2.78. The Morgan fingerprint density at radius 3 is 2.71 bits per heavy atom. The first-order valence-corrected chi connectivity index (χ1v) is 6.63. The summed E-state index contributed by atoms with van der Waals surface area (Å²) in [5.74, 6) is 0. The highest BCUT2D eigenvalue weighted by atomic mass is 19.4. The van der Waals surface area contributed by atoms with Crippen molar-refractivity contribution in [2.45, 2.75) is 24.7 Å². The van der Waals surface area contributed by atoms with Gasteiger partial charge >= 0.3 is 6.18 Å². The molecule has 3 rings (SSSR count). The third-order valence-electron chi connectivity index (χ3n) is 3.70. The summed E-state index contributed by atoms with van der Waals surface area (Å²) >= 11 is 0. The summed E-state index contributed by atoms with van der Waals surface area (Å²) in [4.78, 5) is 0. The summed E-state index contributed by atoms with van der Waals surface area (Å²) in [6.45, 7) is 1.07. The molecule has 1 N–H and O–H groups in total. The molecular weight excluding hydrogens is 281 g/mol. The highest BCUT2D eigenvalue weighted by Crippen LogP contribution is 2.34. The van der Waals surface area contributed by atoms with E-state index in [-0.39, 0.29) is 17.6 Å². The van der Waals surface area contributed by atoms with Crippen molar-refractivity contribution >= 4 is 5.57 Å². The minimum Gasteiger partial charge on any atom is -0.378 e. The van der Waals surface area contributed by atoms with Gasteiger partial charge in [0.15, 0.2) is 0 Å². The van der Waals surface area contributed by atoms with Gasteiger partial charge in [0.05, 0.1) is 30.4 Å². The maximum Gasteiger partial charge on any atom is 0.416 e. The predicted molar refractivity (Wildman–Crippen MR) is 70.3 cm³/mol. The van der Waals surface area contributed by atoms with E-state index in [0.29, 0.717) is 25.2 Å². The number of alkyl halides is 3. The smallest absolute Gasteiger partial charge is 0.378 e. The van der Waals surface area contributed by atoms with Crippen LogP contribution in [0.25, 0.3) is 5.57 Å². The topological polar surface area (TPSA) is 45.0 Å². The monoisotopic (exact) mass is 294 g/mol. The Kier molecular flexibility index (Phi) is 3.47. The van der Waals surface area contributed by atoms with Gasteiger partial charge in [0.25, 0.3) is 0 Å². The average Bonchev–Trinajstić information content (AvgIpc) is 2.45. The summed E-state index contributed by atoms with van der Waals surface area (Å²) < 4.78 is 44.2. The maximum atomic E-state index is 12.9. The lowest BCUT2D eigenvalue weighted by atomic mass is 9.90. The Balaban J connectivity index is 2.02. The van der Waals surface area contributed by atoms with Crippen molar-refractivity contribution in [3.8, 4) is 6.07 Å². The summed E-state index contributed by atoms with van der Waals surface area (Å²) in [5, 5.41) is 12.3. The number of fused-ring (bicyclic) bond motifs is 2. The van der Waals surface area contributed by atoms with Crippen LogP contribution in [0.3, 0.4) is 0 Å². The van der Waals surface area contributed by atoms with Crippen molar-refractivity contribution in [3.63, 3.8) is 0 Å².